The topological polar surface area (TPSA) is 139 Å². The largest absolute Gasteiger partial charge is 0.454 e. The van der Waals surface area contributed by atoms with Gasteiger partial charge in [0.25, 0.3) is 17.4 Å². The maximum atomic E-state index is 11.7. The summed E-state index contributed by atoms with van der Waals surface area (Å²) in [5.74, 6) is -2.15. The summed E-state index contributed by atoms with van der Waals surface area (Å²) in [6.45, 7) is -1.12. The summed E-state index contributed by atoms with van der Waals surface area (Å²) < 4.78 is 5.59. The molecule has 0 aliphatic carbocycles. The van der Waals surface area contributed by atoms with E-state index in [0.717, 1.165) is 16.8 Å². The van der Waals surface area contributed by atoms with Crippen molar-refractivity contribution in [1.82, 2.24) is 20.4 Å². The van der Waals surface area contributed by atoms with Crippen molar-refractivity contribution in [2.24, 2.45) is 0 Å². The van der Waals surface area contributed by atoms with E-state index in [1.165, 1.54) is 0 Å². The van der Waals surface area contributed by atoms with E-state index in [2.05, 4.69) is 15.6 Å². The third-order valence-corrected chi connectivity index (χ3v) is 2.91. The van der Waals surface area contributed by atoms with Gasteiger partial charge in [-0.25, -0.2) is 4.79 Å². The lowest BCUT2D eigenvalue weighted by Gasteiger charge is -2.08. The Bertz CT molecular complexity index is 887. The number of H-pyrrole nitrogens is 1. The number of nitrogens with zero attached hydrogens (tertiary/aromatic N) is 1. The number of benzene rings is 1. The Kier molecular flexibility index (Phi) is 5.82. The molecule has 1 heterocycles. The van der Waals surface area contributed by atoms with Gasteiger partial charge < -0.3 is 4.74 Å². The maximum absolute atomic E-state index is 11.7. The van der Waals surface area contributed by atoms with Crippen molar-refractivity contribution in [1.29, 1.82) is 0 Å². The first-order chi connectivity index (χ1) is 12.0. The Morgan fingerprint density at radius 1 is 1.04 bits per heavy atom. The van der Waals surface area contributed by atoms with Gasteiger partial charge in [-0.2, -0.15) is 0 Å². The average Bonchev–Trinajstić information content (AvgIpc) is 2.61. The number of hydrazine groups is 1. The maximum Gasteiger partial charge on any atom is 0.328 e. The molecule has 0 saturated heterocycles. The van der Waals surface area contributed by atoms with Crippen LogP contribution in [0, 0.1) is 0 Å². The van der Waals surface area contributed by atoms with Gasteiger partial charge in [0.2, 0.25) is 0 Å². The van der Waals surface area contributed by atoms with Crippen LogP contribution >= 0.6 is 0 Å². The number of aromatic nitrogens is 2. The Hall–Kier alpha value is -3.69. The molecule has 25 heavy (non-hydrogen) atoms. The van der Waals surface area contributed by atoms with Crippen LogP contribution in [0.1, 0.15) is 10.4 Å². The van der Waals surface area contributed by atoms with Gasteiger partial charge in [0, 0.05) is 17.8 Å². The smallest absolute Gasteiger partial charge is 0.328 e. The zero-order valence-corrected chi connectivity index (χ0v) is 12.9. The number of nitrogens with one attached hydrogen (secondary N) is 3. The molecule has 0 fully saturated rings. The first-order valence-corrected chi connectivity index (χ1v) is 7.05. The number of hydrogen-bond acceptors (Lipinski definition) is 6. The lowest BCUT2D eigenvalue weighted by Crippen LogP contribution is -2.43. The van der Waals surface area contributed by atoms with Gasteiger partial charge in [0.05, 0.1) is 0 Å². The Labute approximate surface area is 140 Å². The first kappa shape index (κ1) is 17.7. The predicted octanol–water partition coefficient (Wildman–Crippen LogP) is -1.46. The van der Waals surface area contributed by atoms with Crippen molar-refractivity contribution < 1.29 is 19.1 Å². The van der Waals surface area contributed by atoms with Gasteiger partial charge >= 0.3 is 11.7 Å². The van der Waals surface area contributed by atoms with Gasteiger partial charge in [-0.3, -0.25) is 39.6 Å². The van der Waals surface area contributed by atoms with Gasteiger partial charge in [-0.1, -0.05) is 18.2 Å². The van der Waals surface area contributed by atoms with E-state index in [1.807, 2.05) is 4.98 Å². The van der Waals surface area contributed by atoms with Crippen LogP contribution in [0.2, 0.25) is 0 Å². The lowest BCUT2D eigenvalue weighted by molar-refractivity contribution is -0.149. The highest BCUT2D eigenvalue weighted by Gasteiger charge is 2.11. The SMILES string of the molecule is O=C(COC(=O)Cn1ccc(=O)[nH]c1=O)NNC(=O)c1ccccc1. The monoisotopic (exact) mass is 346 g/mol. The van der Waals surface area contributed by atoms with E-state index in [-0.39, 0.29) is 0 Å². The molecule has 0 aliphatic rings. The minimum absolute atomic E-state index is 0.345. The second-order valence-corrected chi connectivity index (χ2v) is 4.77. The standard InChI is InChI=1S/C15H14N4O6/c20-11-6-7-19(15(24)16-11)8-13(22)25-9-12(21)17-18-14(23)10-4-2-1-3-5-10/h1-7H,8-9H2,(H,17,21)(H,18,23)(H,16,20,24). The van der Waals surface area contributed by atoms with Crippen LogP contribution in [0.25, 0.3) is 0 Å². The number of amides is 2. The van der Waals surface area contributed by atoms with Crippen LogP contribution in [-0.4, -0.2) is 33.9 Å². The molecule has 0 saturated carbocycles. The summed E-state index contributed by atoms with van der Waals surface area (Å²) in [4.78, 5) is 59.1. The molecule has 3 N–H and O–H groups in total. The summed E-state index contributed by atoms with van der Waals surface area (Å²) >= 11 is 0. The van der Waals surface area contributed by atoms with Gasteiger partial charge in [-0.05, 0) is 12.1 Å². The number of rotatable bonds is 5. The predicted molar refractivity (Wildman–Crippen MR) is 84.3 cm³/mol. The summed E-state index contributed by atoms with van der Waals surface area (Å²) in [5.41, 5.74) is 3.23. The fourth-order valence-electron chi connectivity index (χ4n) is 1.72. The third kappa shape index (κ3) is 5.46. The molecule has 1 aromatic carbocycles. The minimum atomic E-state index is -0.862. The molecule has 130 valence electrons. The molecular formula is C15H14N4O6. The van der Waals surface area contributed by atoms with Gasteiger partial charge in [0.1, 0.15) is 6.54 Å². The molecule has 10 heteroatoms. The molecule has 0 spiro atoms. The Morgan fingerprint density at radius 3 is 2.44 bits per heavy atom. The summed E-state index contributed by atoms with van der Waals surface area (Å²) in [5, 5.41) is 0. The highest BCUT2D eigenvalue weighted by atomic mass is 16.5. The fourth-order valence-corrected chi connectivity index (χ4v) is 1.72. The third-order valence-electron chi connectivity index (χ3n) is 2.91. The number of esters is 1. The normalized spacial score (nSPS) is 9.92. The van der Waals surface area contributed by atoms with Crippen molar-refractivity contribution in [2.45, 2.75) is 6.54 Å². The lowest BCUT2D eigenvalue weighted by atomic mass is 10.2. The number of carbonyl (C=O) groups excluding carboxylic acids is 3. The molecule has 2 aromatic rings. The van der Waals surface area contributed by atoms with E-state index >= 15 is 0 Å². The molecule has 0 unspecified atom stereocenters. The van der Waals surface area contributed by atoms with Crippen LogP contribution in [-0.2, 0) is 20.9 Å². The summed E-state index contributed by atoms with van der Waals surface area (Å²) in [6, 6.07) is 9.25. The van der Waals surface area contributed by atoms with Crippen molar-refractivity contribution in [3.8, 4) is 0 Å². The Balaban J connectivity index is 1.76. The van der Waals surface area contributed by atoms with Crippen molar-refractivity contribution in [3.63, 3.8) is 0 Å². The van der Waals surface area contributed by atoms with Crippen molar-refractivity contribution in [3.05, 3.63) is 69.0 Å². The summed E-state index contributed by atoms with van der Waals surface area (Å²) in [7, 11) is 0. The fraction of sp³-hybridized carbons (Fsp3) is 0.133. The molecule has 2 rings (SSSR count). The molecule has 0 radical (unpaired) electrons. The van der Waals surface area contributed by atoms with Crippen LogP contribution in [0.5, 0.6) is 0 Å². The van der Waals surface area contributed by atoms with E-state index in [9.17, 15) is 24.0 Å². The van der Waals surface area contributed by atoms with E-state index in [4.69, 9.17) is 0 Å². The molecule has 10 nitrogen and oxygen atoms in total. The van der Waals surface area contributed by atoms with Crippen LogP contribution in [0.4, 0.5) is 0 Å². The van der Waals surface area contributed by atoms with Crippen molar-refractivity contribution in [2.75, 3.05) is 6.61 Å². The molecule has 0 bridgehead atoms. The van der Waals surface area contributed by atoms with Gasteiger partial charge in [-0.15, -0.1) is 0 Å². The zero-order chi connectivity index (χ0) is 18.2. The van der Waals surface area contributed by atoms with E-state index in [1.54, 1.807) is 30.3 Å². The number of carbonyl (C=O) groups is 3. The number of ether oxygens (including phenoxy) is 1. The first-order valence-electron chi connectivity index (χ1n) is 7.05. The second kappa shape index (κ2) is 8.24. The molecule has 0 aliphatic heterocycles. The molecule has 2 amide bonds. The van der Waals surface area contributed by atoms with Crippen LogP contribution in [0.15, 0.2) is 52.2 Å². The highest BCUT2D eigenvalue weighted by Crippen LogP contribution is 1.96. The second-order valence-electron chi connectivity index (χ2n) is 4.77. The zero-order valence-electron chi connectivity index (χ0n) is 12.9. The van der Waals surface area contributed by atoms with E-state index in [0.29, 0.717) is 5.56 Å². The Morgan fingerprint density at radius 2 is 1.76 bits per heavy atom. The van der Waals surface area contributed by atoms with Crippen molar-refractivity contribution >= 4 is 17.8 Å². The number of hydrogen-bond donors (Lipinski definition) is 3. The van der Waals surface area contributed by atoms with E-state index < -0.39 is 42.2 Å². The average molecular weight is 346 g/mol. The number of aromatic amines is 1. The highest BCUT2D eigenvalue weighted by molar-refractivity contribution is 5.95. The van der Waals surface area contributed by atoms with Gasteiger partial charge in [0.15, 0.2) is 6.61 Å². The molecule has 1 aromatic heterocycles. The minimum Gasteiger partial charge on any atom is -0.454 e. The molecule has 0 atom stereocenters. The van der Waals surface area contributed by atoms with Crippen LogP contribution in [0.3, 0.4) is 0 Å². The quantitative estimate of drug-likeness (QED) is 0.447. The van der Waals surface area contributed by atoms with Crippen LogP contribution < -0.4 is 22.1 Å². The summed E-state index contributed by atoms with van der Waals surface area (Å²) in [6.07, 6.45) is 1.13. The molecular weight excluding hydrogens is 332 g/mol.